The minimum absolute atomic E-state index is 0.217. The summed E-state index contributed by atoms with van der Waals surface area (Å²) in [7, 11) is 0. The monoisotopic (exact) mass is 383 g/mol. The highest BCUT2D eigenvalue weighted by molar-refractivity contribution is 5.53. The van der Waals surface area contributed by atoms with E-state index in [4.69, 9.17) is 0 Å². The van der Waals surface area contributed by atoms with Gasteiger partial charge in [-0.2, -0.15) is 0 Å². The smallest absolute Gasteiger partial charge is 0.123 e. The van der Waals surface area contributed by atoms with E-state index in [1.165, 1.54) is 29.8 Å². The zero-order valence-electron chi connectivity index (χ0n) is 16.2. The Morgan fingerprint density at radius 3 is 2.32 bits per heavy atom. The minimum atomic E-state index is -0.602. The molecule has 3 atom stereocenters. The molecule has 3 unspecified atom stereocenters. The Morgan fingerprint density at radius 2 is 1.75 bits per heavy atom. The summed E-state index contributed by atoms with van der Waals surface area (Å²) in [6.45, 7) is 6.82. The Bertz CT molecular complexity index is 814. The summed E-state index contributed by atoms with van der Waals surface area (Å²) < 4.78 is 26.4. The third-order valence-electron chi connectivity index (χ3n) is 5.56. The maximum atomic E-state index is 13.3. The number of rotatable bonds is 8. The molecule has 2 aromatic carbocycles. The van der Waals surface area contributed by atoms with Crippen LogP contribution in [0.1, 0.15) is 37.9 Å². The highest BCUT2D eigenvalue weighted by Gasteiger charge is 2.40. The van der Waals surface area contributed by atoms with Gasteiger partial charge in [0.05, 0.1) is 12.1 Å². The molecule has 28 heavy (non-hydrogen) atoms. The van der Waals surface area contributed by atoms with E-state index in [2.05, 4.69) is 24.5 Å². The van der Waals surface area contributed by atoms with Crippen LogP contribution in [-0.4, -0.2) is 17.7 Å². The zero-order chi connectivity index (χ0) is 20.1. The van der Waals surface area contributed by atoms with Crippen molar-refractivity contribution in [2.45, 2.75) is 38.3 Å². The van der Waals surface area contributed by atoms with Crippen molar-refractivity contribution >= 4 is 5.69 Å². The van der Waals surface area contributed by atoms with E-state index in [-0.39, 0.29) is 17.7 Å². The second kappa shape index (κ2) is 9.16. The predicted molar refractivity (Wildman–Crippen MR) is 110 cm³/mol. The molecule has 0 radical (unpaired) electrons. The molecular formula is C24H27F2NO. The highest BCUT2D eigenvalue weighted by atomic mass is 19.1. The molecule has 0 bridgehead atoms. The van der Waals surface area contributed by atoms with Gasteiger partial charge in [-0.1, -0.05) is 37.8 Å². The van der Waals surface area contributed by atoms with Gasteiger partial charge < -0.3 is 10.0 Å². The van der Waals surface area contributed by atoms with E-state index in [0.717, 1.165) is 30.6 Å². The van der Waals surface area contributed by atoms with Crippen molar-refractivity contribution in [3.05, 3.63) is 90.0 Å². The van der Waals surface area contributed by atoms with Crippen LogP contribution in [0.4, 0.5) is 14.5 Å². The van der Waals surface area contributed by atoms with E-state index >= 15 is 0 Å². The maximum Gasteiger partial charge on any atom is 0.123 e. The molecule has 1 aliphatic rings. The quantitative estimate of drug-likeness (QED) is 0.582. The fraction of sp³-hybridized carbons (Fsp3) is 0.333. The summed E-state index contributed by atoms with van der Waals surface area (Å²) in [5.41, 5.74) is 3.03. The molecule has 0 aliphatic carbocycles. The second-order valence-corrected chi connectivity index (χ2v) is 7.31. The van der Waals surface area contributed by atoms with Crippen molar-refractivity contribution in [1.82, 2.24) is 0 Å². The van der Waals surface area contributed by atoms with E-state index < -0.39 is 6.10 Å². The number of hydrogen-bond acceptors (Lipinski definition) is 2. The third-order valence-corrected chi connectivity index (χ3v) is 5.56. The van der Waals surface area contributed by atoms with Crippen LogP contribution in [0.3, 0.4) is 0 Å². The molecule has 1 heterocycles. The molecule has 0 amide bonds. The first-order valence-corrected chi connectivity index (χ1v) is 9.80. The van der Waals surface area contributed by atoms with Gasteiger partial charge in [-0.05, 0) is 66.8 Å². The van der Waals surface area contributed by atoms with Gasteiger partial charge in [-0.25, -0.2) is 8.78 Å². The summed E-state index contributed by atoms with van der Waals surface area (Å²) in [6, 6.07) is 12.8. The lowest BCUT2D eigenvalue weighted by molar-refractivity contribution is 0.147. The van der Waals surface area contributed by atoms with Crippen LogP contribution in [0.15, 0.2) is 72.8 Å². The van der Waals surface area contributed by atoms with Crippen LogP contribution in [0.25, 0.3) is 0 Å². The largest absolute Gasteiger partial charge is 0.388 e. The SMILES string of the molecule is C=C/C=C(\CC)C1C(CCC(O)c2ccc(F)cc2)CN1c1ccc(F)cc1. The molecular weight excluding hydrogens is 356 g/mol. The number of benzene rings is 2. The normalized spacial score (nSPS) is 20.6. The van der Waals surface area contributed by atoms with Crippen LogP contribution < -0.4 is 4.90 Å². The standard InChI is InChI=1S/C24H27F2NO/c1-3-5-17(4-2)24-19(16-27(24)22-13-11-21(26)12-14-22)8-15-23(28)18-6-9-20(25)10-7-18/h3,5-7,9-14,19,23-24,28H,1,4,8,15-16H2,2H3/b17-5+. The first-order valence-electron chi connectivity index (χ1n) is 9.80. The summed E-state index contributed by atoms with van der Waals surface area (Å²) in [5.74, 6) is -0.143. The molecule has 148 valence electrons. The van der Waals surface area contributed by atoms with Crippen molar-refractivity contribution in [3.8, 4) is 0 Å². The molecule has 0 aromatic heterocycles. The number of halogens is 2. The Kier molecular flexibility index (Phi) is 6.63. The summed E-state index contributed by atoms with van der Waals surface area (Å²) in [6.07, 6.45) is 5.65. The highest BCUT2D eigenvalue weighted by Crippen LogP contribution is 2.40. The fourth-order valence-electron chi connectivity index (χ4n) is 4.03. The summed E-state index contributed by atoms with van der Waals surface area (Å²) in [5, 5.41) is 10.5. The molecule has 2 aromatic rings. The molecule has 2 nitrogen and oxygen atoms in total. The van der Waals surface area contributed by atoms with Gasteiger partial charge in [0, 0.05) is 18.2 Å². The molecule has 1 saturated heterocycles. The number of hydrogen-bond donors (Lipinski definition) is 1. The number of aliphatic hydroxyl groups is 1. The number of allylic oxidation sites excluding steroid dienone is 2. The minimum Gasteiger partial charge on any atom is -0.388 e. The summed E-state index contributed by atoms with van der Waals surface area (Å²) in [4.78, 5) is 2.28. The fourth-order valence-corrected chi connectivity index (χ4v) is 4.03. The van der Waals surface area contributed by atoms with E-state index in [9.17, 15) is 13.9 Å². The van der Waals surface area contributed by atoms with Crippen LogP contribution in [0, 0.1) is 17.6 Å². The van der Waals surface area contributed by atoms with Crippen molar-refractivity contribution in [1.29, 1.82) is 0 Å². The molecule has 3 rings (SSSR count). The van der Waals surface area contributed by atoms with Crippen molar-refractivity contribution in [2.75, 3.05) is 11.4 Å². The number of anilines is 1. The van der Waals surface area contributed by atoms with E-state index in [0.29, 0.717) is 12.3 Å². The number of nitrogens with zero attached hydrogens (tertiary/aromatic N) is 1. The van der Waals surface area contributed by atoms with Crippen LogP contribution in [0.2, 0.25) is 0 Å². The molecule has 1 N–H and O–H groups in total. The Balaban J connectivity index is 1.71. The lowest BCUT2D eigenvalue weighted by Crippen LogP contribution is -2.57. The van der Waals surface area contributed by atoms with Crippen LogP contribution >= 0.6 is 0 Å². The molecule has 1 fully saturated rings. The Labute approximate surface area is 165 Å². The summed E-state index contributed by atoms with van der Waals surface area (Å²) >= 11 is 0. The van der Waals surface area contributed by atoms with Crippen molar-refractivity contribution in [2.24, 2.45) is 5.92 Å². The Morgan fingerprint density at radius 1 is 1.14 bits per heavy atom. The molecule has 0 spiro atoms. The van der Waals surface area contributed by atoms with Gasteiger partial charge in [0.1, 0.15) is 11.6 Å². The third kappa shape index (κ3) is 4.50. The van der Waals surface area contributed by atoms with E-state index in [1.807, 2.05) is 18.2 Å². The predicted octanol–water partition coefficient (Wildman–Crippen LogP) is 5.81. The second-order valence-electron chi connectivity index (χ2n) is 7.31. The first-order chi connectivity index (χ1) is 13.5. The van der Waals surface area contributed by atoms with Gasteiger partial charge in [0.2, 0.25) is 0 Å². The molecule has 1 aliphatic heterocycles. The van der Waals surface area contributed by atoms with Crippen LogP contribution in [-0.2, 0) is 0 Å². The van der Waals surface area contributed by atoms with Gasteiger partial charge >= 0.3 is 0 Å². The lowest BCUT2D eigenvalue weighted by Gasteiger charge is -2.51. The lowest BCUT2D eigenvalue weighted by atomic mass is 9.78. The molecule has 4 heteroatoms. The zero-order valence-corrected chi connectivity index (χ0v) is 16.2. The van der Waals surface area contributed by atoms with Crippen molar-refractivity contribution < 1.29 is 13.9 Å². The molecule has 0 saturated carbocycles. The Hall–Kier alpha value is -2.46. The average molecular weight is 383 g/mol. The van der Waals surface area contributed by atoms with Gasteiger partial charge in [0.25, 0.3) is 0 Å². The van der Waals surface area contributed by atoms with Crippen molar-refractivity contribution in [3.63, 3.8) is 0 Å². The average Bonchev–Trinajstić information content (AvgIpc) is 2.68. The topological polar surface area (TPSA) is 23.5 Å². The van der Waals surface area contributed by atoms with E-state index in [1.54, 1.807) is 12.1 Å². The van der Waals surface area contributed by atoms with Gasteiger partial charge in [0.15, 0.2) is 0 Å². The van der Waals surface area contributed by atoms with Crippen LogP contribution in [0.5, 0.6) is 0 Å². The van der Waals surface area contributed by atoms with Gasteiger partial charge in [-0.3, -0.25) is 0 Å². The van der Waals surface area contributed by atoms with Gasteiger partial charge in [-0.15, -0.1) is 0 Å². The first kappa shape index (κ1) is 20.3. The number of aliphatic hydroxyl groups excluding tert-OH is 1. The maximum absolute atomic E-state index is 13.3.